The van der Waals surface area contributed by atoms with Crippen molar-refractivity contribution < 1.29 is 19.1 Å². The molecule has 0 atom stereocenters. The third-order valence-corrected chi connectivity index (χ3v) is 6.28. The molecule has 1 aromatic heterocycles. The Balaban J connectivity index is 1.26. The van der Waals surface area contributed by atoms with Crippen LogP contribution in [0.5, 0.6) is 0 Å². The smallest absolute Gasteiger partial charge is 0.331 e. The van der Waals surface area contributed by atoms with Gasteiger partial charge in [-0.3, -0.25) is 14.7 Å². The van der Waals surface area contributed by atoms with Crippen LogP contribution in [0.15, 0.2) is 36.5 Å². The van der Waals surface area contributed by atoms with Crippen LogP contribution < -0.4 is 5.32 Å². The van der Waals surface area contributed by atoms with Crippen molar-refractivity contribution in [3.63, 3.8) is 0 Å². The van der Waals surface area contributed by atoms with Gasteiger partial charge in [-0.15, -0.1) is 0 Å². The summed E-state index contributed by atoms with van der Waals surface area (Å²) in [6, 6.07) is 7.51. The lowest BCUT2D eigenvalue weighted by Crippen LogP contribution is -2.59. The summed E-state index contributed by atoms with van der Waals surface area (Å²) < 4.78 is 10.6. The minimum absolute atomic E-state index is 0.0175. The number of esters is 1. The maximum atomic E-state index is 12.4. The predicted molar refractivity (Wildman–Crippen MR) is 121 cm³/mol. The van der Waals surface area contributed by atoms with Crippen molar-refractivity contribution in [1.82, 2.24) is 20.2 Å². The van der Waals surface area contributed by atoms with Crippen LogP contribution in [-0.4, -0.2) is 71.7 Å². The number of ether oxygens (including phenoxy) is 2. The number of hydrogen-bond acceptors (Lipinski definition) is 7. The SMILES string of the molecule is O=C(COC(=O)/C=C/c1cnc2ccccc2n1)NCC1(N2CCOCC2)CCCCC1. The molecule has 0 bridgehead atoms. The second kappa shape index (κ2) is 10.7. The predicted octanol–water partition coefficient (Wildman–Crippen LogP) is 2.34. The highest BCUT2D eigenvalue weighted by molar-refractivity contribution is 5.89. The topological polar surface area (TPSA) is 93.7 Å². The quantitative estimate of drug-likeness (QED) is 0.524. The van der Waals surface area contributed by atoms with Crippen LogP contribution >= 0.6 is 0 Å². The second-order valence-corrected chi connectivity index (χ2v) is 8.39. The van der Waals surface area contributed by atoms with Gasteiger partial charge in [-0.05, 0) is 31.1 Å². The first-order valence-electron chi connectivity index (χ1n) is 11.3. The van der Waals surface area contributed by atoms with E-state index in [-0.39, 0.29) is 18.1 Å². The lowest BCUT2D eigenvalue weighted by atomic mass is 9.79. The van der Waals surface area contributed by atoms with Crippen LogP contribution in [0, 0.1) is 0 Å². The van der Waals surface area contributed by atoms with E-state index in [1.165, 1.54) is 31.4 Å². The summed E-state index contributed by atoms with van der Waals surface area (Å²) in [7, 11) is 0. The molecule has 8 heteroatoms. The number of amides is 1. The summed E-state index contributed by atoms with van der Waals surface area (Å²) in [5, 5.41) is 2.99. The number of fused-ring (bicyclic) bond motifs is 1. The van der Waals surface area contributed by atoms with Crippen LogP contribution in [0.4, 0.5) is 0 Å². The van der Waals surface area contributed by atoms with Gasteiger partial charge in [-0.2, -0.15) is 0 Å². The van der Waals surface area contributed by atoms with Crippen molar-refractivity contribution in [2.24, 2.45) is 0 Å². The molecular formula is C24H30N4O4. The maximum absolute atomic E-state index is 12.4. The molecule has 170 valence electrons. The van der Waals surface area contributed by atoms with E-state index < -0.39 is 5.97 Å². The van der Waals surface area contributed by atoms with Crippen molar-refractivity contribution >= 4 is 29.0 Å². The number of para-hydroxylation sites is 2. The first-order chi connectivity index (χ1) is 15.6. The Hall–Kier alpha value is -2.84. The van der Waals surface area contributed by atoms with Crippen LogP contribution in [-0.2, 0) is 19.1 Å². The van der Waals surface area contributed by atoms with Gasteiger partial charge in [-0.1, -0.05) is 31.4 Å². The minimum atomic E-state index is -0.587. The number of carbonyl (C=O) groups is 2. The van der Waals surface area contributed by atoms with E-state index in [9.17, 15) is 9.59 Å². The molecule has 1 aliphatic heterocycles. The molecular weight excluding hydrogens is 408 g/mol. The number of carbonyl (C=O) groups excluding carboxylic acids is 2. The van der Waals surface area contributed by atoms with Gasteiger partial charge in [0.1, 0.15) is 0 Å². The van der Waals surface area contributed by atoms with E-state index in [0.717, 1.165) is 50.2 Å². The highest BCUT2D eigenvalue weighted by Gasteiger charge is 2.38. The van der Waals surface area contributed by atoms with Crippen LogP contribution in [0.2, 0.25) is 0 Å². The van der Waals surface area contributed by atoms with Gasteiger partial charge in [0.05, 0.1) is 36.1 Å². The van der Waals surface area contributed by atoms with E-state index in [2.05, 4.69) is 20.2 Å². The number of nitrogens with one attached hydrogen (secondary N) is 1. The minimum Gasteiger partial charge on any atom is -0.452 e. The van der Waals surface area contributed by atoms with Gasteiger partial charge < -0.3 is 14.8 Å². The molecule has 32 heavy (non-hydrogen) atoms. The molecule has 0 spiro atoms. The number of morpholine rings is 1. The Morgan fingerprint density at radius 2 is 1.88 bits per heavy atom. The molecule has 1 aliphatic carbocycles. The molecule has 1 amide bonds. The van der Waals surface area contributed by atoms with Crippen LogP contribution in [0.3, 0.4) is 0 Å². The van der Waals surface area contributed by atoms with Gasteiger partial charge in [0.2, 0.25) is 0 Å². The lowest BCUT2D eigenvalue weighted by molar-refractivity contribution is -0.144. The molecule has 8 nitrogen and oxygen atoms in total. The summed E-state index contributed by atoms with van der Waals surface area (Å²) in [5.74, 6) is -0.869. The molecule has 2 aliphatic rings. The van der Waals surface area contributed by atoms with E-state index in [4.69, 9.17) is 9.47 Å². The third kappa shape index (κ3) is 5.69. The fourth-order valence-corrected chi connectivity index (χ4v) is 4.56. The summed E-state index contributed by atoms with van der Waals surface area (Å²) in [4.78, 5) is 35.6. The van der Waals surface area contributed by atoms with Gasteiger partial charge in [0.15, 0.2) is 6.61 Å². The fraction of sp³-hybridized carbons (Fsp3) is 0.500. The molecule has 2 heterocycles. The monoisotopic (exact) mass is 438 g/mol. The van der Waals surface area contributed by atoms with Gasteiger partial charge >= 0.3 is 5.97 Å². The zero-order valence-corrected chi connectivity index (χ0v) is 18.3. The van der Waals surface area contributed by atoms with Crippen molar-refractivity contribution in [2.45, 2.75) is 37.6 Å². The molecule has 4 rings (SSSR count). The molecule has 1 aromatic carbocycles. The Morgan fingerprint density at radius 3 is 2.66 bits per heavy atom. The molecule has 1 saturated carbocycles. The molecule has 1 N–H and O–H groups in total. The van der Waals surface area contributed by atoms with Crippen molar-refractivity contribution in [3.8, 4) is 0 Å². The van der Waals surface area contributed by atoms with Crippen LogP contribution in [0.1, 0.15) is 37.8 Å². The standard InChI is InChI=1S/C24H30N4O4/c29-22(26-18-24(10-4-1-5-11-24)28-12-14-31-15-13-28)17-32-23(30)9-8-19-16-25-20-6-2-3-7-21(20)27-19/h2-3,6-9,16H,1,4-5,10-15,17-18H2,(H,26,29)/b9-8+. The van der Waals surface area contributed by atoms with Crippen molar-refractivity contribution in [1.29, 1.82) is 0 Å². The second-order valence-electron chi connectivity index (χ2n) is 8.39. The average molecular weight is 439 g/mol. The van der Waals surface area contributed by atoms with Crippen LogP contribution in [0.25, 0.3) is 17.1 Å². The number of hydrogen-bond donors (Lipinski definition) is 1. The number of nitrogens with zero attached hydrogens (tertiary/aromatic N) is 3. The summed E-state index contributed by atoms with van der Waals surface area (Å²) >= 11 is 0. The van der Waals surface area contributed by atoms with Gasteiger partial charge in [0.25, 0.3) is 5.91 Å². The Labute approximate surface area is 188 Å². The highest BCUT2D eigenvalue weighted by atomic mass is 16.5. The highest BCUT2D eigenvalue weighted by Crippen LogP contribution is 2.33. The Bertz CT molecular complexity index is 965. The normalized spacial score (nSPS) is 19.1. The van der Waals surface area contributed by atoms with Crippen molar-refractivity contribution in [2.75, 3.05) is 39.5 Å². The summed E-state index contributed by atoms with van der Waals surface area (Å²) in [6.07, 6.45) is 10.1. The molecule has 2 aromatic rings. The first-order valence-corrected chi connectivity index (χ1v) is 11.3. The summed E-state index contributed by atoms with van der Waals surface area (Å²) in [5.41, 5.74) is 2.07. The molecule has 0 unspecified atom stereocenters. The fourth-order valence-electron chi connectivity index (χ4n) is 4.56. The third-order valence-electron chi connectivity index (χ3n) is 6.28. The largest absolute Gasteiger partial charge is 0.452 e. The molecule has 0 radical (unpaired) electrons. The number of rotatable bonds is 7. The van der Waals surface area contributed by atoms with Crippen molar-refractivity contribution in [3.05, 3.63) is 42.2 Å². The molecule has 2 fully saturated rings. The van der Waals surface area contributed by atoms with E-state index in [0.29, 0.717) is 12.2 Å². The zero-order chi connectivity index (χ0) is 22.2. The lowest BCUT2D eigenvalue weighted by Gasteiger charge is -2.48. The van der Waals surface area contributed by atoms with Gasteiger partial charge in [0, 0.05) is 31.2 Å². The van der Waals surface area contributed by atoms with E-state index >= 15 is 0 Å². The Kier molecular flexibility index (Phi) is 7.44. The number of benzene rings is 1. The number of aromatic nitrogens is 2. The Morgan fingerprint density at radius 1 is 1.12 bits per heavy atom. The van der Waals surface area contributed by atoms with E-state index in [1.54, 1.807) is 6.20 Å². The summed E-state index contributed by atoms with van der Waals surface area (Å²) in [6.45, 7) is 3.54. The maximum Gasteiger partial charge on any atom is 0.331 e. The zero-order valence-electron chi connectivity index (χ0n) is 18.3. The van der Waals surface area contributed by atoms with Gasteiger partial charge in [-0.25, -0.2) is 9.78 Å². The molecule has 1 saturated heterocycles. The first kappa shape index (κ1) is 22.4. The van der Waals surface area contributed by atoms with E-state index in [1.807, 2.05) is 24.3 Å². The average Bonchev–Trinajstić information content (AvgIpc) is 2.86.